The Hall–Kier alpha value is -2.08. The molecule has 0 saturated carbocycles. The molecule has 0 unspecified atom stereocenters. The summed E-state index contributed by atoms with van der Waals surface area (Å²) in [5, 5.41) is 4.34. The third-order valence-corrected chi connectivity index (χ3v) is 4.22. The molecular weight excluding hydrogens is 299 g/mol. The van der Waals surface area contributed by atoms with Crippen LogP contribution in [0.1, 0.15) is 17.2 Å². The smallest absolute Gasteiger partial charge is 0.153 e. The quantitative estimate of drug-likeness (QED) is 0.748. The van der Waals surface area contributed by atoms with Crippen LogP contribution in [0.3, 0.4) is 0 Å². The van der Waals surface area contributed by atoms with Gasteiger partial charge >= 0.3 is 0 Å². The first kappa shape index (κ1) is 14.8. The number of rotatable bonds is 4. The molecule has 3 aromatic rings. The van der Waals surface area contributed by atoms with Crippen LogP contribution >= 0.6 is 12.6 Å². The Balaban J connectivity index is 2.13. The van der Waals surface area contributed by atoms with Gasteiger partial charge in [0, 0.05) is 23.5 Å². The summed E-state index contributed by atoms with van der Waals surface area (Å²) < 4.78 is 16.2. The maximum Gasteiger partial charge on any atom is 0.153 e. The van der Waals surface area contributed by atoms with Gasteiger partial charge in [-0.25, -0.2) is 9.67 Å². The van der Waals surface area contributed by atoms with Gasteiger partial charge in [0.1, 0.15) is 12.0 Å². The molecule has 0 saturated heterocycles. The molecule has 0 spiro atoms. The number of benzene rings is 1. The number of aryl methyl sites for hydroxylation is 1. The van der Waals surface area contributed by atoms with Crippen LogP contribution in [0, 0.1) is 13.8 Å². The number of alkyl halides is 1. The highest BCUT2D eigenvalue weighted by Crippen LogP contribution is 2.31. The van der Waals surface area contributed by atoms with Crippen LogP contribution in [0.2, 0.25) is 0 Å². The topological polar surface area (TPSA) is 35.6 Å². The van der Waals surface area contributed by atoms with Gasteiger partial charge in [-0.2, -0.15) is 5.10 Å². The Morgan fingerprint density at radius 1 is 1.14 bits per heavy atom. The first-order valence-electron chi connectivity index (χ1n) is 7.06. The molecule has 0 amide bonds. The average Bonchev–Trinajstić information content (AvgIpc) is 3.05. The van der Waals surface area contributed by atoms with Crippen LogP contribution < -0.4 is 0 Å². The standard InChI is InChI=1S/C16H17FN4S/c1-11-15(20-10-18-14(19-20)8-9-17)16(22)12(2)21(11)13-6-4-3-5-7-13/h3-7,10,22H,8-9H2,1-2H3. The van der Waals surface area contributed by atoms with E-state index in [2.05, 4.69) is 27.3 Å². The molecule has 0 radical (unpaired) electrons. The van der Waals surface area contributed by atoms with Gasteiger partial charge in [-0.05, 0) is 26.0 Å². The van der Waals surface area contributed by atoms with Crippen molar-refractivity contribution in [2.24, 2.45) is 0 Å². The van der Waals surface area contributed by atoms with Gasteiger partial charge in [0.05, 0.1) is 11.6 Å². The minimum Gasteiger partial charge on any atom is -0.315 e. The number of para-hydroxylation sites is 1. The SMILES string of the molecule is Cc1c(S)c(-n2cnc(CCF)n2)c(C)n1-c1ccccc1. The average molecular weight is 316 g/mol. The molecular formula is C16H17FN4S. The van der Waals surface area contributed by atoms with Crippen molar-refractivity contribution in [2.75, 3.05) is 6.67 Å². The fourth-order valence-corrected chi connectivity index (χ4v) is 3.01. The Labute approximate surface area is 134 Å². The minimum atomic E-state index is -0.458. The summed E-state index contributed by atoms with van der Waals surface area (Å²) in [7, 11) is 0. The summed E-state index contributed by atoms with van der Waals surface area (Å²) in [5.41, 5.74) is 4.00. The van der Waals surface area contributed by atoms with Gasteiger partial charge in [0.25, 0.3) is 0 Å². The molecule has 4 nitrogen and oxygen atoms in total. The number of thiol groups is 1. The second kappa shape index (κ2) is 5.96. The molecule has 0 aliphatic heterocycles. The molecule has 1 aromatic carbocycles. The van der Waals surface area contributed by atoms with Crippen LogP contribution in [-0.4, -0.2) is 26.0 Å². The molecule has 114 valence electrons. The van der Waals surface area contributed by atoms with E-state index in [9.17, 15) is 4.39 Å². The normalized spacial score (nSPS) is 11.1. The summed E-state index contributed by atoms with van der Waals surface area (Å²) in [6.07, 6.45) is 1.84. The molecule has 0 N–H and O–H groups in total. The Bertz CT molecular complexity index is 792. The zero-order valence-electron chi connectivity index (χ0n) is 12.5. The molecule has 0 bridgehead atoms. The van der Waals surface area contributed by atoms with Crippen molar-refractivity contribution in [2.45, 2.75) is 25.2 Å². The van der Waals surface area contributed by atoms with E-state index in [1.165, 1.54) is 0 Å². The monoisotopic (exact) mass is 316 g/mol. The van der Waals surface area contributed by atoms with Crippen LogP contribution in [0.4, 0.5) is 4.39 Å². The van der Waals surface area contributed by atoms with Gasteiger partial charge < -0.3 is 4.57 Å². The molecule has 0 aliphatic rings. The predicted octanol–water partition coefficient (Wildman–Crippen LogP) is 3.48. The summed E-state index contributed by atoms with van der Waals surface area (Å²) in [4.78, 5) is 4.99. The van der Waals surface area contributed by atoms with Crippen LogP contribution in [-0.2, 0) is 6.42 Å². The molecule has 3 rings (SSSR count). The summed E-state index contributed by atoms with van der Waals surface area (Å²) in [6, 6.07) is 10.1. The zero-order chi connectivity index (χ0) is 15.7. The Kier molecular flexibility index (Phi) is 4.02. The van der Waals surface area contributed by atoms with E-state index in [0.29, 0.717) is 5.82 Å². The van der Waals surface area contributed by atoms with E-state index in [1.807, 2.05) is 44.2 Å². The first-order valence-corrected chi connectivity index (χ1v) is 7.51. The van der Waals surface area contributed by atoms with Gasteiger partial charge in [-0.1, -0.05) is 18.2 Å². The van der Waals surface area contributed by atoms with E-state index in [-0.39, 0.29) is 6.42 Å². The number of hydrogen-bond donors (Lipinski definition) is 1. The molecule has 2 aromatic heterocycles. The molecule has 0 aliphatic carbocycles. The van der Waals surface area contributed by atoms with Crippen molar-refractivity contribution < 1.29 is 4.39 Å². The molecule has 6 heteroatoms. The van der Waals surface area contributed by atoms with Gasteiger partial charge in [-0.3, -0.25) is 4.39 Å². The summed E-state index contributed by atoms with van der Waals surface area (Å²) in [5.74, 6) is 0.500. The maximum atomic E-state index is 12.4. The number of halogens is 1. The number of hydrogen-bond acceptors (Lipinski definition) is 3. The van der Waals surface area contributed by atoms with E-state index < -0.39 is 6.67 Å². The predicted molar refractivity (Wildman–Crippen MR) is 87.1 cm³/mol. The number of nitrogens with zero attached hydrogens (tertiary/aromatic N) is 4. The lowest BCUT2D eigenvalue weighted by molar-refractivity contribution is 0.487. The van der Waals surface area contributed by atoms with E-state index in [0.717, 1.165) is 27.7 Å². The van der Waals surface area contributed by atoms with Crippen LogP contribution in [0.5, 0.6) is 0 Å². The Morgan fingerprint density at radius 3 is 2.55 bits per heavy atom. The maximum absolute atomic E-state index is 12.4. The third kappa shape index (κ3) is 2.43. The van der Waals surface area contributed by atoms with E-state index >= 15 is 0 Å². The van der Waals surface area contributed by atoms with Gasteiger partial charge in [0.2, 0.25) is 0 Å². The van der Waals surface area contributed by atoms with Gasteiger partial charge in [-0.15, -0.1) is 12.6 Å². The highest BCUT2D eigenvalue weighted by molar-refractivity contribution is 7.80. The lowest BCUT2D eigenvalue weighted by Crippen LogP contribution is -2.02. The largest absolute Gasteiger partial charge is 0.315 e. The molecule has 0 atom stereocenters. The second-order valence-corrected chi connectivity index (χ2v) is 5.53. The van der Waals surface area contributed by atoms with Gasteiger partial charge in [0.15, 0.2) is 5.82 Å². The van der Waals surface area contributed by atoms with Crippen molar-refractivity contribution in [3.63, 3.8) is 0 Å². The highest BCUT2D eigenvalue weighted by Gasteiger charge is 2.19. The zero-order valence-corrected chi connectivity index (χ0v) is 13.4. The fourth-order valence-electron chi connectivity index (χ4n) is 2.65. The third-order valence-electron chi connectivity index (χ3n) is 3.68. The van der Waals surface area contributed by atoms with Crippen LogP contribution in [0.25, 0.3) is 11.4 Å². The lowest BCUT2D eigenvalue weighted by atomic mass is 10.3. The minimum absolute atomic E-state index is 0.229. The van der Waals surface area contributed by atoms with Crippen molar-refractivity contribution >= 4 is 12.6 Å². The van der Waals surface area contributed by atoms with Crippen molar-refractivity contribution in [1.29, 1.82) is 0 Å². The molecule has 22 heavy (non-hydrogen) atoms. The summed E-state index contributed by atoms with van der Waals surface area (Å²) >= 11 is 4.64. The highest BCUT2D eigenvalue weighted by atomic mass is 32.1. The Morgan fingerprint density at radius 2 is 1.86 bits per heavy atom. The van der Waals surface area contributed by atoms with E-state index in [4.69, 9.17) is 0 Å². The fraction of sp³-hybridized carbons (Fsp3) is 0.250. The van der Waals surface area contributed by atoms with Crippen molar-refractivity contribution in [3.05, 3.63) is 53.9 Å². The molecule has 2 heterocycles. The van der Waals surface area contributed by atoms with Crippen molar-refractivity contribution in [1.82, 2.24) is 19.3 Å². The number of aromatic nitrogens is 4. The first-order chi connectivity index (χ1) is 10.6. The lowest BCUT2D eigenvalue weighted by Gasteiger charge is -2.09. The van der Waals surface area contributed by atoms with Crippen LogP contribution in [0.15, 0.2) is 41.6 Å². The summed E-state index contributed by atoms with van der Waals surface area (Å²) in [6.45, 7) is 3.58. The van der Waals surface area contributed by atoms with E-state index in [1.54, 1.807) is 11.0 Å². The second-order valence-electron chi connectivity index (χ2n) is 5.08. The molecule has 0 fully saturated rings. The van der Waals surface area contributed by atoms with Crippen molar-refractivity contribution in [3.8, 4) is 11.4 Å².